The Balaban J connectivity index is 1.62. The van der Waals surface area contributed by atoms with Gasteiger partial charge in [0.05, 0.1) is 31.9 Å². The van der Waals surface area contributed by atoms with Gasteiger partial charge in [0.15, 0.2) is 5.78 Å². The van der Waals surface area contributed by atoms with Gasteiger partial charge in [-0.05, 0) is 59.5 Å². The predicted octanol–water partition coefficient (Wildman–Crippen LogP) is 5.08. The molecule has 5 nitrogen and oxygen atoms in total. The van der Waals surface area contributed by atoms with Crippen LogP contribution < -0.4 is 9.47 Å². The number of hydrogen-bond acceptors (Lipinski definition) is 4. The van der Waals surface area contributed by atoms with Crippen molar-refractivity contribution in [3.05, 3.63) is 83.9 Å². The maximum absolute atomic E-state index is 13.2. The van der Waals surface area contributed by atoms with Crippen molar-refractivity contribution in [2.45, 2.75) is 6.92 Å². The topological polar surface area (TPSA) is 53.4 Å². The minimum absolute atomic E-state index is 0.0158. The lowest BCUT2D eigenvalue weighted by Gasteiger charge is -2.12. The van der Waals surface area contributed by atoms with Crippen molar-refractivity contribution in [2.75, 3.05) is 14.2 Å². The van der Waals surface area contributed by atoms with E-state index >= 15 is 0 Å². The quantitative estimate of drug-likeness (QED) is 0.425. The van der Waals surface area contributed by atoms with Crippen LogP contribution in [0.15, 0.2) is 67.1 Å². The van der Waals surface area contributed by atoms with Gasteiger partial charge in [-0.2, -0.15) is 0 Å². The van der Waals surface area contributed by atoms with Crippen molar-refractivity contribution in [3.8, 4) is 39.4 Å². The summed E-state index contributed by atoms with van der Waals surface area (Å²) in [5, 5.41) is 0. The molecule has 3 aromatic carbocycles. The first-order valence-electron chi connectivity index (χ1n) is 9.65. The maximum Gasteiger partial charge on any atom is 0.194 e. The number of aromatic nitrogens is 2. The lowest BCUT2D eigenvalue weighted by atomic mass is 9.99. The van der Waals surface area contributed by atoms with Crippen LogP contribution in [0.5, 0.6) is 11.5 Å². The smallest absolute Gasteiger partial charge is 0.194 e. The van der Waals surface area contributed by atoms with Crippen LogP contribution in [0.1, 0.15) is 21.6 Å². The molecule has 0 bridgehead atoms. The first kappa shape index (κ1) is 18.2. The predicted molar refractivity (Wildman–Crippen MR) is 116 cm³/mol. The van der Waals surface area contributed by atoms with E-state index in [0.717, 1.165) is 39.4 Å². The Labute approximate surface area is 174 Å². The fourth-order valence-electron chi connectivity index (χ4n) is 3.97. The van der Waals surface area contributed by atoms with Gasteiger partial charge in [-0.15, -0.1) is 0 Å². The van der Waals surface area contributed by atoms with E-state index in [0.29, 0.717) is 16.9 Å². The van der Waals surface area contributed by atoms with Gasteiger partial charge in [0.25, 0.3) is 0 Å². The van der Waals surface area contributed by atoms with Gasteiger partial charge in [0.2, 0.25) is 0 Å². The Morgan fingerprint density at radius 1 is 0.800 bits per heavy atom. The molecule has 1 aliphatic rings. The summed E-state index contributed by atoms with van der Waals surface area (Å²) in [5.41, 5.74) is 7.03. The highest BCUT2D eigenvalue weighted by molar-refractivity contribution is 6.22. The highest BCUT2D eigenvalue weighted by Gasteiger charge is 2.29. The molecule has 0 fully saturated rings. The largest absolute Gasteiger partial charge is 0.497 e. The summed E-state index contributed by atoms with van der Waals surface area (Å²) >= 11 is 0. The normalized spacial score (nSPS) is 11.9. The van der Waals surface area contributed by atoms with Crippen molar-refractivity contribution in [3.63, 3.8) is 0 Å². The fourth-order valence-corrected chi connectivity index (χ4v) is 3.97. The van der Waals surface area contributed by atoms with Crippen LogP contribution in [0.25, 0.3) is 27.9 Å². The summed E-state index contributed by atoms with van der Waals surface area (Å²) < 4.78 is 12.7. The molecular weight excluding hydrogens is 376 g/mol. The van der Waals surface area contributed by atoms with E-state index in [1.807, 2.05) is 72.3 Å². The van der Waals surface area contributed by atoms with Crippen LogP contribution in [0.2, 0.25) is 0 Å². The summed E-state index contributed by atoms with van der Waals surface area (Å²) in [6, 6.07) is 17.7. The van der Waals surface area contributed by atoms with Crippen LogP contribution in [0, 0.1) is 6.92 Å². The molecule has 1 heterocycles. The standard InChI is InChI=1S/C25H20N2O3/c1-15-13-27(14-26-15)23-11-20-19-9-6-17(16-4-7-18(29-2)8-5-16)10-21(19)25(28)22(20)12-24(23)30-3/h4-14H,1-3H3. The van der Waals surface area contributed by atoms with Crippen molar-refractivity contribution in [1.29, 1.82) is 0 Å². The van der Waals surface area contributed by atoms with E-state index in [1.165, 1.54) is 0 Å². The number of ether oxygens (including phenoxy) is 2. The molecule has 0 amide bonds. The third-order valence-corrected chi connectivity index (χ3v) is 5.53. The van der Waals surface area contributed by atoms with Gasteiger partial charge in [-0.1, -0.05) is 24.3 Å². The number of imidazole rings is 1. The van der Waals surface area contributed by atoms with Crippen molar-refractivity contribution in [1.82, 2.24) is 9.55 Å². The number of carbonyl (C=O) groups excluding carboxylic acids is 1. The number of carbonyl (C=O) groups is 1. The monoisotopic (exact) mass is 396 g/mol. The number of hydrogen-bond donors (Lipinski definition) is 0. The highest BCUT2D eigenvalue weighted by Crippen LogP contribution is 2.42. The molecule has 0 atom stereocenters. The Morgan fingerprint density at radius 3 is 2.20 bits per heavy atom. The molecule has 148 valence electrons. The molecule has 30 heavy (non-hydrogen) atoms. The fraction of sp³-hybridized carbons (Fsp3) is 0.120. The van der Waals surface area contributed by atoms with Crippen molar-refractivity contribution < 1.29 is 14.3 Å². The van der Waals surface area contributed by atoms with Crippen LogP contribution in [-0.2, 0) is 0 Å². The molecule has 0 saturated carbocycles. The number of fused-ring (bicyclic) bond motifs is 3. The van der Waals surface area contributed by atoms with E-state index in [-0.39, 0.29) is 5.78 Å². The third kappa shape index (κ3) is 2.78. The number of rotatable bonds is 4. The summed E-state index contributed by atoms with van der Waals surface area (Å²) in [6.07, 6.45) is 3.69. The molecule has 0 N–H and O–H groups in total. The lowest BCUT2D eigenvalue weighted by molar-refractivity contribution is 0.104. The molecule has 0 saturated heterocycles. The van der Waals surface area contributed by atoms with Crippen LogP contribution in [0.3, 0.4) is 0 Å². The number of aryl methyl sites for hydroxylation is 1. The minimum Gasteiger partial charge on any atom is -0.497 e. The molecule has 5 heteroatoms. The average Bonchev–Trinajstić information content (AvgIpc) is 3.34. The van der Waals surface area contributed by atoms with Crippen molar-refractivity contribution >= 4 is 5.78 Å². The second-order valence-corrected chi connectivity index (χ2v) is 7.31. The Hall–Kier alpha value is -3.86. The maximum atomic E-state index is 13.2. The summed E-state index contributed by atoms with van der Waals surface area (Å²) in [5.74, 6) is 1.46. The minimum atomic E-state index is 0.0158. The Kier molecular flexibility index (Phi) is 4.17. The van der Waals surface area contributed by atoms with Crippen LogP contribution >= 0.6 is 0 Å². The van der Waals surface area contributed by atoms with Gasteiger partial charge in [0.1, 0.15) is 11.5 Å². The average molecular weight is 396 g/mol. The van der Waals surface area contributed by atoms with Crippen molar-refractivity contribution in [2.24, 2.45) is 0 Å². The van der Waals surface area contributed by atoms with E-state index in [9.17, 15) is 4.79 Å². The molecule has 0 radical (unpaired) electrons. The first-order valence-corrected chi connectivity index (χ1v) is 9.65. The molecule has 4 aromatic rings. The number of benzene rings is 3. The third-order valence-electron chi connectivity index (χ3n) is 5.53. The number of nitrogens with zero attached hydrogens (tertiary/aromatic N) is 2. The van der Waals surface area contributed by atoms with Gasteiger partial charge in [-0.3, -0.25) is 4.79 Å². The second kappa shape index (κ2) is 6.88. The molecule has 5 rings (SSSR count). The van der Waals surface area contributed by atoms with Gasteiger partial charge in [0, 0.05) is 17.3 Å². The summed E-state index contributed by atoms with van der Waals surface area (Å²) in [6.45, 7) is 1.94. The zero-order valence-corrected chi connectivity index (χ0v) is 17.0. The van der Waals surface area contributed by atoms with Crippen LogP contribution in [-0.4, -0.2) is 29.6 Å². The van der Waals surface area contributed by atoms with Gasteiger partial charge in [-0.25, -0.2) is 4.98 Å². The van der Waals surface area contributed by atoms with Gasteiger partial charge >= 0.3 is 0 Å². The molecule has 0 spiro atoms. The second-order valence-electron chi connectivity index (χ2n) is 7.31. The van der Waals surface area contributed by atoms with E-state index in [4.69, 9.17) is 9.47 Å². The number of ketones is 1. The SMILES string of the molecule is COc1ccc(-c2ccc3c(c2)C(=O)c2cc(OC)c(-n4cnc(C)c4)cc2-3)cc1. The first-order chi connectivity index (χ1) is 14.6. The zero-order valence-electron chi connectivity index (χ0n) is 17.0. The Morgan fingerprint density at radius 2 is 1.53 bits per heavy atom. The molecule has 0 unspecified atom stereocenters. The Bertz CT molecular complexity index is 1290. The molecule has 0 aliphatic heterocycles. The molecule has 1 aliphatic carbocycles. The van der Waals surface area contributed by atoms with Gasteiger partial charge < -0.3 is 14.0 Å². The molecular formula is C25H20N2O3. The highest BCUT2D eigenvalue weighted by atomic mass is 16.5. The van der Waals surface area contributed by atoms with E-state index in [2.05, 4.69) is 4.98 Å². The van der Waals surface area contributed by atoms with Crippen LogP contribution in [0.4, 0.5) is 0 Å². The summed E-state index contributed by atoms with van der Waals surface area (Å²) in [4.78, 5) is 17.5. The lowest BCUT2D eigenvalue weighted by Crippen LogP contribution is -2.00. The van der Waals surface area contributed by atoms with E-state index in [1.54, 1.807) is 20.5 Å². The van der Waals surface area contributed by atoms with E-state index < -0.39 is 0 Å². The molecule has 1 aromatic heterocycles. The summed E-state index contributed by atoms with van der Waals surface area (Å²) in [7, 11) is 3.26. The number of methoxy groups -OCH3 is 2. The zero-order chi connectivity index (χ0) is 20.8.